The highest BCUT2D eigenvalue weighted by Crippen LogP contribution is 2.26. The van der Waals surface area contributed by atoms with E-state index in [0.717, 1.165) is 43.0 Å². The van der Waals surface area contributed by atoms with E-state index in [4.69, 9.17) is 15.5 Å². The molecule has 2 aromatic rings. The summed E-state index contributed by atoms with van der Waals surface area (Å²) in [7, 11) is 0. The summed E-state index contributed by atoms with van der Waals surface area (Å²) in [5.74, 6) is 0.643. The molecule has 94 valence electrons. The molecular formula is C14H16N2OS. The minimum atomic E-state index is 0.643. The maximum absolute atomic E-state index is 5.79. The first-order valence-electron chi connectivity index (χ1n) is 6.19. The number of hydrogen-bond acceptors (Lipinski definition) is 4. The Bertz CT molecular complexity index is 532. The van der Waals surface area contributed by atoms with Crippen LogP contribution in [0.2, 0.25) is 0 Å². The highest BCUT2D eigenvalue weighted by atomic mass is 32.1. The molecule has 0 radical (unpaired) electrons. The van der Waals surface area contributed by atoms with Gasteiger partial charge < -0.3 is 10.5 Å². The van der Waals surface area contributed by atoms with Crippen LogP contribution in [0.5, 0.6) is 0 Å². The average Bonchev–Trinajstić information content (AvgIpc) is 3.01. The second-order valence-corrected chi connectivity index (χ2v) is 5.63. The number of ether oxygens (including phenoxy) is 1. The van der Waals surface area contributed by atoms with Gasteiger partial charge in [-0.25, -0.2) is 4.98 Å². The summed E-state index contributed by atoms with van der Waals surface area (Å²) in [5.41, 5.74) is 8.70. The van der Waals surface area contributed by atoms with Gasteiger partial charge in [0.2, 0.25) is 0 Å². The smallest absolute Gasteiger partial charge is 0.0936 e. The first-order chi connectivity index (χ1) is 8.81. The number of rotatable bonds is 3. The van der Waals surface area contributed by atoms with Crippen LogP contribution in [0.25, 0.3) is 11.3 Å². The number of benzene rings is 1. The summed E-state index contributed by atoms with van der Waals surface area (Å²) < 4.78 is 5.40. The Kier molecular flexibility index (Phi) is 3.30. The Hall–Kier alpha value is -1.39. The maximum Gasteiger partial charge on any atom is 0.0936 e. The van der Waals surface area contributed by atoms with E-state index in [2.05, 4.69) is 5.38 Å². The van der Waals surface area contributed by atoms with Gasteiger partial charge >= 0.3 is 0 Å². The van der Waals surface area contributed by atoms with Crippen LogP contribution in [-0.2, 0) is 11.2 Å². The van der Waals surface area contributed by atoms with Gasteiger partial charge in [0.15, 0.2) is 0 Å². The predicted octanol–water partition coefficient (Wildman–Crippen LogP) is 2.97. The first-order valence-corrected chi connectivity index (χ1v) is 7.07. The quantitative estimate of drug-likeness (QED) is 0.863. The van der Waals surface area contributed by atoms with E-state index in [-0.39, 0.29) is 0 Å². The van der Waals surface area contributed by atoms with Crippen molar-refractivity contribution in [3.05, 3.63) is 34.7 Å². The van der Waals surface area contributed by atoms with Crippen LogP contribution in [0.15, 0.2) is 29.6 Å². The fourth-order valence-electron chi connectivity index (χ4n) is 2.23. The number of aromatic nitrogens is 1. The third-order valence-electron chi connectivity index (χ3n) is 3.22. The summed E-state index contributed by atoms with van der Waals surface area (Å²) in [6, 6.07) is 7.88. The fourth-order valence-corrected chi connectivity index (χ4v) is 3.15. The minimum absolute atomic E-state index is 0.643. The van der Waals surface area contributed by atoms with Crippen molar-refractivity contribution >= 4 is 17.0 Å². The van der Waals surface area contributed by atoms with Crippen molar-refractivity contribution in [1.29, 1.82) is 0 Å². The molecule has 2 N–H and O–H groups in total. The van der Waals surface area contributed by atoms with Crippen LogP contribution >= 0.6 is 11.3 Å². The third kappa shape index (κ3) is 2.54. The molecule has 1 aliphatic rings. The second kappa shape index (κ2) is 5.08. The Morgan fingerprint density at radius 2 is 2.39 bits per heavy atom. The van der Waals surface area contributed by atoms with E-state index >= 15 is 0 Å². The van der Waals surface area contributed by atoms with E-state index in [0.29, 0.717) is 5.92 Å². The van der Waals surface area contributed by atoms with Gasteiger partial charge in [-0.1, -0.05) is 12.1 Å². The molecule has 1 saturated heterocycles. The fraction of sp³-hybridized carbons (Fsp3) is 0.357. The number of hydrogen-bond donors (Lipinski definition) is 1. The molecule has 3 nitrogen and oxygen atoms in total. The highest BCUT2D eigenvalue weighted by Gasteiger charge is 2.17. The zero-order chi connectivity index (χ0) is 12.4. The van der Waals surface area contributed by atoms with Gasteiger partial charge in [-0.05, 0) is 24.5 Å². The van der Waals surface area contributed by atoms with Gasteiger partial charge in [0.05, 0.1) is 10.7 Å². The lowest BCUT2D eigenvalue weighted by atomic mass is 10.1. The average molecular weight is 260 g/mol. The predicted molar refractivity (Wildman–Crippen MR) is 74.6 cm³/mol. The SMILES string of the molecule is Nc1cccc(-c2csc(CC3CCOC3)n2)c1. The molecule has 0 bridgehead atoms. The van der Waals surface area contributed by atoms with Crippen LogP contribution in [0.4, 0.5) is 5.69 Å². The molecule has 1 unspecified atom stereocenters. The van der Waals surface area contributed by atoms with Gasteiger partial charge in [0.25, 0.3) is 0 Å². The molecule has 0 saturated carbocycles. The molecule has 2 heterocycles. The van der Waals surface area contributed by atoms with Crippen LogP contribution in [0, 0.1) is 5.92 Å². The standard InChI is InChI=1S/C14H16N2OS/c15-12-3-1-2-11(7-12)13-9-18-14(16-13)6-10-4-5-17-8-10/h1-3,7,9-10H,4-6,8,15H2. The molecule has 1 aromatic carbocycles. The monoisotopic (exact) mass is 260 g/mol. The highest BCUT2D eigenvalue weighted by molar-refractivity contribution is 7.09. The molecule has 3 rings (SSSR count). The Morgan fingerprint density at radius 1 is 1.44 bits per heavy atom. The molecular weight excluding hydrogens is 244 g/mol. The van der Waals surface area contributed by atoms with E-state index in [1.54, 1.807) is 11.3 Å². The van der Waals surface area contributed by atoms with Crippen molar-refractivity contribution in [1.82, 2.24) is 4.98 Å². The van der Waals surface area contributed by atoms with Crippen molar-refractivity contribution in [2.75, 3.05) is 18.9 Å². The molecule has 1 fully saturated rings. The molecule has 1 atom stereocenters. The summed E-state index contributed by atoms with van der Waals surface area (Å²) >= 11 is 1.73. The van der Waals surface area contributed by atoms with Gasteiger partial charge in [-0.2, -0.15) is 0 Å². The van der Waals surface area contributed by atoms with Crippen LogP contribution in [0.3, 0.4) is 0 Å². The van der Waals surface area contributed by atoms with Crippen molar-refractivity contribution in [3.8, 4) is 11.3 Å². The van der Waals surface area contributed by atoms with Crippen LogP contribution < -0.4 is 5.73 Å². The summed E-state index contributed by atoms with van der Waals surface area (Å²) in [6.45, 7) is 1.78. The van der Waals surface area contributed by atoms with Crippen LogP contribution in [-0.4, -0.2) is 18.2 Å². The number of anilines is 1. The Morgan fingerprint density at radius 3 is 3.17 bits per heavy atom. The topological polar surface area (TPSA) is 48.1 Å². The number of nitrogens with zero attached hydrogens (tertiary/aromatic N) is 1. The first kappa shape index (κ1) is 11.7. The summed E-state index contributed by atoms with van der Waals surface area (Å²) in [6.07, 6.45) is 2.19. The van der Waals surface area contributed by atoms with E-state index in [1.165, 1.54) is 5.01 Å². The van der Waals surface area contributed by atoms with Gasteiger partial charge in [-0.15, -0.1) is 11.3 Å². The van der Waals surface area contributed by atoms with E-state index < -0.39 is 0 Å². The lowest BCUT2D eigenvalue weighted by molar-refractivity contribution is 0.186. The zero-order valence-corrected chi connectivity index (χ0v) is 11.0. The largest absolute Gasteiger partial charge is 0.399 e. The molecule has 1 aromatic heterocycles. The molecule has 4 heteroatoms. The normalized spacial score (nSPS) is 19.2. The number of nitrogen functional groups attached to an aromatic ring is 1. The maximum atomic E-state index is 5.79. The van der Waals surface area contributed by atoms with Crippen molar-refractivity contribution in [2.45, 2.75) is 12.8 Å². The summed E-state index contributed by atoms with van der Waals surface area (Å²) in [4.78, 5) is 4.69. The van der Waals surface area contributed by atoms with Crippen molar-refractivity contribution < 1.29 is 4.74 Å². The molecule has 0 aliphatic carbocycles. The number of nitrogens with two attached hydrogens (primary N) is 1. The Labute approximate surface area is 111 Å². The second-order valence-electron chi connectivity index (χ2n) is 4.69. The third-order valence-corrected chi connectivity index (χ3v) is 4.09. The van der Waals surface area contributed by atoms with Crippen LogP contribution in [0.1, 0.15) is 11.4 Å². The summed E-state index contributed by atoms with van der Waals surface area (Å²) in [5, 5.41) is 3.31. The lowest BCUT2D eigenvalue weighted by Gasteiger charge is -2.03. The molecule has 18 heavy (non-hydrogen) atoms. The number of thiazole rings is 1. The molecule has 1 aliphatic heterocycles. The Balaban J connectivity index is 1.76. The van der Waals surface area contributed by atoms with E-state index in [9.17, 15) is 0 Å². The lowest BCUT2D eigenvalue weighted by Crippen LogP contribution is -2.03. The van der Waals surface area contributed by atoms with Crippen molar-refractivity contribution in [3.63, 3.8) is 0 Å². The molecule has 0 spiro atoms. The van der Waals surface area contributed by atoms with Gasteiger partial charge in [0, 0.05) is 36.3 Å². The van der Waals surface area contributed by atoms with Crippen molar-refractivity contribution in [2.24, 2.45) is 5.92 Å². The minimum Gasteiger partial charge on any atom is -0.399 e. The molecule has 0 amide bonds. The van der Waals surface area contributed by atoms with Gasteiger partial charge in [-0.3, -0.25) is 0 Å². The van der Waals surface area contributed by atoms with Gasteiger partial charge in [0.1, 0.15) is 0 Å². The zero-order valence-electron chi connectivity index (χ0n) is 10.1. The van der Waals surface area contributed by atoms with E-state index in [1.807, 2.05) is 24.3 Å².